The first-order chi connectivity index (χ1) is 12.0. The summed E-state index contributed by atoms with van der Waals surface area (Å²) in [5.41, 5.74) is 1.47. The van der Waals surface area contributed by atoms with Crippen LogP contribution in [0.1, 0.15) is 43.6 Å². The lowest BCUT2D eigenvalue weighted by molar-refractivity contribution is -0.149. The van der Waals surface area contributed by atoms with Crippen LogP contribution >= 0.6 is 0 Å². The topological polar surface area (TPSA) is 114 Å². The maximum absolute atomic E-state index is 12.2. The van der Waals surface area contributed by atoms with E-state index in [1.165, 1.54) is 14.0 Å². The van der Waals surface area contributed by atoms with Crippen molar-refractivity contribution in [2.45, 2.75) is 39.2 Å². The van der Waals surface area contributed by atoms with Gasteiger partial charge >= 0.3 is 12.0 Å². The first-order valence-electron chi connectivity index (χ1n) is 8.14. The number of carbonyl (C=O) groups excluding carboxylic acids is 4. The molecule has 0 aromatic heterocycles. The van der Waals surface area contributed by atoms with Crippen LogP contribution in [0.25, 0.3) is 0 Å². The molecule has 0 aliphatic rings. The van der Waals surface area contributed by atoms with Crippen LogP contribution in [-0.4, -0.2) is 43.5 Å². The van der Waals surface area contributed by atoms with Gasteiger partial charge in [0.25, 0.3) is 11.8 Å². The van der Waals surface area contributed by atoms with Gasteiger partial charge in [-0.2, -0.15) is 0 Å². The van der Waals surface area contributed by atoms with E-state index in [0.717, 1.165) is 5.56 Å². The predicted octanol–water partition coefficient (Wildman–Crippen LogP) is 1.10. The lowest BCUT2D eigenvalue weighted by Crippen LogP contribution is -2.43. The van der Waals surface area contributed by atoms with E-state index in [4.69, 9.17) is 4.74 Å². The summed E-state index contributed by atoms with van der Waals surface area (Å²) in [4.78, 5) is 46.3. The SMILES string of the molecule is CNC(=O)NC(=O)COC(=O)[C@H](C)NC(=O)c1ccc(C(C)(C)C)cc1. The summed E-state index contributed by atoms with van der Waals surface area (Å²) in [5.74, 6) is -1.98. The highest BCUT2D eigenvalue weighted by Crippen LogP contribution is 2.22. The van der Waals surface area contributed by atoms with E-state index in [1.54, 1.807) is 12.1 Å². The van der Waals surface area contributed by atoms with Crippen molar-refractivity contribution >= 4 is 23.8 Å². The zero-order chi connectivity index (χ0) is 19.9. The van der Waals surface area contributed by atoms with Crippen LogP contribution in [0, 0.1) is 0 Å². The molecule has 0 saturated carbocycles. The van der Waals surface area contributed by atoms with Crippen LogP contribution in [0.2, 0.25) is 0 Å². The fourth-order valence-corrected chi connectivity index (χ4v) is 1.95. The zero-order valence-electron chi connectivity index (χ0n) is 15.6. The van der Waals surface area contributed by atoms with E-state index in [9.17, 15) is 19.2 Å². The van der Waals surface area contributed by atoms with Crippen molar-refractivity contribution in [2.75, 3.05) is 13.7 Å². The van der Waals surface area contributed by atoms with Crippen LogP contribution in [0.4, 0.5) is 4.79 Å². The number of urea groups is 1. The van der Waals surface area contributed by atoms with Crippen molar-refractivity contribution < 1.29 is 23.9 Å². The Kier molecular flexibility index (Phi) is 7.30. The summed E-state index contributed by atoms with van der Waals surface area (Å²) in [6.07, 6.45) is 0. The number of benzene rings is 1. The third-order valence-electron chi connectivity index (χ3n) is 3.54. The average Bonchev–Trinajstić information content (AvgIpc) is 2.58. The molecule has 1 atom stereocenters. The standard InChI is InChI=1S/C18H25N3O5/c1-11(16(24)26-10-14(22)21-17(25)19-5)20-15(23)12-6-8-13(9-7-12)18(2,3)4/h6-9,11H,10H2,1-5H3,(H,20,23)(H2,19,21,22,25)/t11-/m0/s1. The minimum Gasteiger partial charge on any atom is -0.454 e. The van der Waals surface area contributed by atoms with E-state index >= 15 is 0 Å². The van der Waals surface area contributed by atoms with Crippen LogP contribution in [0.5, 0.6) is 0 Å². The van der Waals surface area contributed by atoms with Crippen molar-refractivity contribution in [1.82, 2.24) is 16.0 Å². The average molecular weight is 363 g/mol. The molecule has 0 aliphatic carbocycles. The molecule has 0 saturated heterocycles. The Balaban J connectivity index is 2.54. The third-order valence-corrected chi connectivity index (χ3v) is 3.54. The molecule has 26 heavy (non-hydrogen) atoms. The molecule has 0 fully saturated rings. The lowest BCUT2D eigenvalue weighted by atomic mass is 9.86. The number of nitrogens with one attached hydrogen (secondary N) is 3. The maximum atomic E-state index is 12.2. The molecule has 1 aromatic rings. The van der Waals surface area contributed by atoms with E-state index in [1.807, 2.05) is 17.4 Å². The molecule has 8 nitrogen and oxygen atoms in total. The second kappa shape index (κ2) is 8.98. The maximum Gasteiger partial charge on any atom is 0.328 e. The summed E-state index contributed by atoms with van der Waals surface area (Å²) in [6, 6.07) is 5.45. The predicted molar refractivity (Wildman–Crippen MR) is 95.6 cm³/mol. The van der Waals surface area contributed by atoms with Gasteiger partial charge in [0.05, 0.1) is 0 Å². The van der Waals surface area contributed by atoms with Crippen molar-refractivity contribution in [1.29, 1.82) is 0 Å². The number of amides is 4. The molecule has 8 heteroatoms. The molecule has 0 bridgehead atoms. The summed E-state index contributed by atoms with van der Waals surface area (Å²) < 4.78 is 4.77. The van der Waals surface area contributed by atoms with E-state index < -0.39 is 36.5 Å². The van der Waals surface area contributed by atoms with Crippen LogP contribution < -0.4 is 16.0 Å². The molecule has 1 aromatic carbocycles. The Morgan fingerprint density at radius 1 is 1.08 bits per heavy atom. The van der Waals surface area contributed by atoms with Gasteiger partial charge in [-0.25, -0.2) is 9.59 Å². The summed E-state index contributed by atoms with van der Waals surface area (Å²) in [7, 11) is 1.35. The third kappa shape index (κ3) is 6.54. The molecule has 0 radical (unpaired) electrons. The molecule has 0 heterocycles. The lowest BCUT2D eigenvalue weighted by Gasteiger charge is -2.19. The number of esters is 1. The molecule has 4 amide bonds. The Bertz CT molecular complexity index is 677. The molecule has 0 aliphatic heterocycles. The normalized spacial score (nSPS) is 11.9. The monoisotopic (exact) mass is 363 g/mol. The molecular weight excluding hydrogens is 338 g/mol. The number of hydrogen-bond donors (Lipinski definition) is 3. The van der Waals surface area contributed by atoms with Gasteiger partial charge in [0.2, 0.25) is 0 Å². The summed E-state index contributed by atoms with van der Waals surface area (Å²) in [6.45, 7) is 7.04. The smallest absolute Gasteiger partial charge is 0.328 e. The highest BCUT2D eigenvalue weighted by Gasteiger charge is 2.20. The Morgan fingerprint density at radius 2 is 1.65 bits per heavy atom. The molecular formula is C18H25N3O5. The quantitative estimate of drug-likeness (QED) is 0.678. The number of hydrogen-bond acceptors (Lipinski definition) is 5. The summed E-state index contributed by atoms with van der Waals surface area (Å²) in [5, 5.41) is 6.65. The largest absolute Gasteiger partial charge is 0.454 e. The van der Waals surface area contributed by atoms with Crippen molar-refractivity contribution in [2.24, 2.45) is 0 Å². The van der Waals surface area contributed by atoms with Crippen molar-refractivity contribution in [3.05, 3.63) is 35.4 Å². The number of carbonyl (C=O) groups is 4. The molecule has 0 spiro atoms. The molecule has 1 rings (SSSR count). The highest BCUT2D eigenvalue weighted by molar-refractivity contribution is 5.97. The van der Waals surface area contributed by atoms with Gasteiger partial charge in [-0.3, -0.25) is 14.9 Å². The second-order valence-corrected chi connectivity index (χ2v) is 6.76. The highest BCUT2D eigenvalue weighted by atomic mass is 16.5. The fraction of sp³-hybridized carbons (Fsp3) is 0.444. The van der Waals surface area contributed by atoms with Crippen molar-refractivity contribution in [3.8, 4) is 0 Å². The summed E-state index contributed by atoms with van der Waals surface area (Å²) >= 11 is 0. The number of rotatable bonds is 5. The van der Waals surface area contributed by atoms with Gasteiger partial charge in [0, 0.05) is 12.6 Å². The molecule has 3 N–H and O–H groups in total. The van der Waals surface area contributed by atoms with Crippen molar-refractivity contribution in [3.63, 3.8) is 0 Å². The van der Waals surface area contributed by atoms with Gasteiger partial charge in [-0.1, -0.05) is 32.9 Å². The van der Waals surface area contributed by atoms with E-state index in [-0.39, 0.29) is 5.41 Å². The number of ether oxygens (including phenoxy) is 1. The molecule has 0 unspecified atom stereocenters. The van der Waals surface area contributed by atoms with Gasteiger partial charge in [-0.15, -0.1) is 0 Å². The first-order valence-corrected chi connectivity index (χ1v) is 8.14. The number of imide groups is 1. The van der Waals surface area contributed by atoms with Crippen LogP contribution in [0.3, 0.4) is 0 Å². The van der Waals surface area contributed by atoms with Gasteiger partial charge in [0.15, 0.2) is 6.61 Å². The van der Waals surface area contributed by atoms with Crippen LogP contribution in [0.15, 0.2) is 24.3 Å². The van der Waals surface area contributed by atoms with Crippen LogP contribution in [-0.2, 0) is 19.7 Å². The minimum atomic E-state index is -0.947. The van der Waals surface area contributed by atoms with E-state index in [0.29, 0.717) is 5.56 Å². The fourth-order valence-electron chi connectivity index (χ4n) is 1.95. The van der Waals surface area contributed by atoms with Gasteiger partial charge in [0.1, 0.15) is 6.04 Å². The van der Waals surface area contributed by atoms with Gasteiger partial charge in [-0.05, 0) is 30.0 Å². The Morgan fingerprint density at radius 3 is 2.15 bits per heavy atom. The minimum absolute atomic E-state index is 0.0264. The zero-order valence-corrected chi connectivity index (χ0v) is 15.6. The first kappa shape index (κ1) is 21.1. The second-order valence-electron chi connectivity index (χ2n) is 6.76. The van der Waals surface area contributed by atoms with E-state index in [2.05, 4.69) is 31.4 Å². The molecule has 142 valence electrons. The Labute approximate surface area is 152 Å². The Hall–Kier alpha value is -2.90. The van der Waals surface area contributed by atoms with Gasteiger partial charge < -0.3 is 15.4 Å².